The molecule has 0 aliphatic rings. The van der Waals surface area contributed by atoms with E-state index in [4.69, 9.17) is 23.2 Å². The third-order valence-electron chi connectivity index (χ3n) is 1.50. The van der Waals surface area contributed by atoms with Crippen LogP contribution in [0.3, 0.4) is 0 Å². The Morgan fingerprint density at radius 3 is 1.43 bits per heavy atom. The van der Waals surface area contributed by atoms with Crippen LogP contribution in [0.4, 0.5) is 8.78 Å². The van der Waals surface area contributed by atoms with Gasteiger partial charge in [0.05, 0.1) is 11.1 Å². The van der Waals surface area contributed by atoms with Crippen molar-refractivity contribution in [2.24, 2.45) is 0 Å². The molecule has 0 spiro atoms. The second-order valence-corrected chi connectivity index (χ2v) is 3.01. The number of benzene rings is 1. The summed E-state index contributed by atoms with van der Waals surface area (Å²) in [5.74, 6) is -2.18. The van der Waals surface area contributed by atoms with E-state index in [0.717, 1.165) is 0 Å². The molecule has 0 unspecified atom stereocenters. The molecule has 14 heavy (non-hydrogen) atoms. The zero-order valence-electron chi connectivity index (χ0n) is 6.48. The quantitative estimate of drug-likeness (QED) is 0.743. The number of rotatable bonds is 2. The molecule has 1 aromatic rings. The highest BCUT2D eigenvalue weighted by Gasteiger charge is 2.22. The van der Waals surface area contributed by atoms with Crippen LogP contribution in [0, 0.1) is 11.6 Å². The fourth-order valence-corrected chi connectivity index (χ4v) is 1.31. The van der Waals surface area contributed by atoms with Crippen molar-refractivity contribution in [1.29, 1.82) is 0 Å². The van der Waals surface area contributed by atoms with Gasteiger partial charge in [-0.2, -0.15) is 0 Å². The average molecular weight is 239 g/mol. The molecule has 0 saturated heterocycles. The Hall–Kier alpha value is -1.00. The van der Waals surface area contributed by atoms with Crippen molar-refractivity contribution in [3.63, 3.8) is 0 Å². The fourth-order valence-electron chi connectivity index (χ4n) is 0.936. The van der Waals surface area contributed by atoms with Gasteiger partial charge in [-0.3, -0.25) is 9.59 Å². The van der Waals surface area contributed by atoms with Gasteiger partial charge in [0.15, 0.2) is 0 Å². The van der Waals surface area contributed by atoms with Gasteiger partial charge in [-0.25, -0.2) is 8.78 Å². The summed E-state index contributed by atoms with van der Waals surface area (Å²) in [4.78, 5) is 21.4. The molecule has 6 heteroatoms. The SMILES string of the molecule is O=C(Cl)c1c(F)ccc(F)c1C(=O)Cl. The first-order valence-corrected chi connectivity index (χ1v) is 4.08. The molecule has 0 aromatic heterocycles. The molecule has 0 saturated carbocycles. The fraction of sp³-hybridized carbons (Fsp3) is 0. The highest BCUT2D eigenvalue weighted by molar-refractivity contribution is 6.72. The molecule has 0 amide bonds. The maximum absolute atomic E-state index is 13.0. The molecule has 0 N–H and O–H groups in total. The van der Waals surface area contributed by atoms with Crippen molar-refractivity contribution in [2.75, 3.05) is 0 Å². The minimum atomic E-state index is -1.27. The van der Waals surface area contributed by atoms with Gasteiger partial charge >= 0.3 is 0 Å². The second-order valence-electron chi connectivity index (χ2n) is 2.33. The maximum atomic E-state index is 13.0. The largest absolute Gasteiger partial charge is 0.275 e. The predicted molar refractivity (Wildman–Crippen MR) is 46.7 cm³/mol. The molecule has 2 nitrogen and oxygen atoms in total. The summed E-state index contributed by atoms with van der Waals surface area (Å²) in [5, 5.41) is -2.54. The van der Waals surface area contributed by atoms with E-state index in [1.165, 1.54) is 0 Å². The first-order valence-electron chi connectivity index (χ1n) is 3.32. The Kier molecular flexibility index (Phi) is 3.18. The minimum Gasteiger partial charge on any atom is -0.275 e. The lowest BCUT2D eigenvalue weighted by molar-refractivity contribution is 0.104. The van der Waals surface area contributed by atoms with E-state index >= 15 is 0 Å². The van der Waals surface area contributed by atoms with Crippen LogP contribution < -0.4 is 0 Å². The normalized spacial score (nSPS) is 10.0. The molecule has 0 atom stereocenters. The summed E-state index contributed by atoms with van der Waals surface area (Å²) >= 11 is 9.95. The zero-order valence-corrected chi connectivity index (χ0v) is 7.99. The zero-order chi connectivity index (χ0) is 10.9. The van der Waals surface area contributed by atoms with Crippen molar-refractivity contribution in [3.05, 3.63) is 34.9 Å². The van der Waals surface area contributed by atoms with Crippen molar-refractivity contribution >= 4 is 33.7 Å². The molecule has 0 fully saturated rings. The molecule has 0 aliphatic carbocycles. The summed E-state index contributed by atoms with van der Waals surface area (Å²) in [5.41, 5.74) is -1.68. The van der Waals surface area contributed by atoms with E-state index in [9.17, 15) is 18.4 Å². The van der Waals surface area contributed by atoms with Crippen LogP contribution in [-0.4, -0.2) is 10.5 Å². The first-order chi connectivity index (χ1) is 6.45. The van der Waals surface area contributed by atoms with Crippen LogP contribution in [0.2, 0.25) is 0 Å². The number of hydrogen-bond acceptors (Lipinski definition) is 2. The summed E-state index contributed by atoms with van der Waals surface area (Å²) in [6.07, 6.45) is 0. The third-order valence-corrected chi connectivity index (χ3v) is 1.87. The van der Waals surface area contributed by atoms with Crippen molar-refractivity contribution in [2.45, 2.75) is 0 Å². The molecular formula is C8H2Cl2F2O2. The monoisotopic (exact) mass is 238 g/mol. The number of hydrogen-bond donors (Lipinski definition) is 0. The number of halogens is 4. The predicted octanol–water partition coefficient (Wildman–Crippen LogP) is 2.72. The first kappa shape index (κ1) is 11.1. The third kappa shape index (κ3) is 1.91. The Bertz CT molecular complexity index is 379. The van der Waals surface area contributed by atoms with Gasteiger partial charge in [0.25, 0.3) is 10.5 Å². The Morgan fingerprint density at radius 2 is 1.21 bits per heavy atom. The molecule has 0 heterocycles. The van der Waals surface area contributed by atoms with Gasteiger partial charge in [0.2, 0.25) is 0 Å². The smallest absolute Gasteiger partial charge is 0.256 e. The van der Waals surface area contributed by atoms with Gasteiger partial charge in [-0.1, -0.05) is 0 Å². The average Bonchev–Trinajstić information content (AvgIpc) is 2.07. The van der Waals surface area contributed by atoms with Crippen LogP contribution >= 0.6 is 23.2 Å². The molecule has 0 radical (unpaired) electrons. The van der Waals surface area contributed by atoms with Crippen molar-refractivity contribution < 1.29 is 18.4 Å². The maximum Gasteiger partial charge on any atom is 0.256 e. The minimum absolute atomic E-state index is 0.689. The standard InChI is InChI=1S/C8H2Cl2F2O2/c9-7(13)5-3(11)1-2-4(12)6(5)8(10)14/h1-2H. The topological polar surface area (TPSA) is 34.1 Å². The molecule has 74 valence electrons. The lowest BCUT2D eigenvalue weighted by Crippen LogP contribution is -2.07. The van der Waals surface area contributed by atoms with E-state index in [0.29, 0.717) is 12.1 Å². The van der Waals surface area contributed by atoms with Crippen molar-refractivity contribution in [3.8, 4) is 0 Å². The molecule has 1 aromatic carbocycles. The Morgan fingerprint density at radius 1 is 0.929 bits per heavy atom. The lowest BCUT2D eigenvalue weighted by Gasteiger charge is -2.03. The number of carbonyl (C=O) groups excluding carboxylic acids is 2. The van der Waals surface area contributed by atoms with E-state index in [1.807, 2.05) is 0 Å². The number of carbonyl (C=O) groups is 2. The highest BCUT2D eigenvalue weighted by Crippen LogP contribution is 2.21. The second kappa shape index (κ2) is 4.02. The van der Waals surface area contributed by atoms with Crippen LogP contribution in [-0.2, 0) is 0 Å². The van der Waals surface area contributed by atoms with E-state index < -0.39 is 33.2 Å². The van der Waals surface area contributed by atoms with Crippen molar-refractivity contribution in [1.82, 2.24) is 0 Å². The van der Waals surface area contributed by atoms with Crippen LogP contribution in [0.15, 0.2) is 12.1 Å². The summed E-state index contributed by atoms with van der Waals surface area (Å²) < 4.78 is 25.9. The lowest BCUT2D eigenvalue weighted by atomic mass is 10.1. The molecule has 0 aliphatic heterocycles. The molecular weight excluding hydrogens is 237 g/mol. The van der Waals surface area contributed by atoms with E-state index in [-0.39, 0.29) is 0 Å². The van der Waals surface area contributed by atoms with Crippen LogP contribution in [0.1, 0.15) is 20.7 Å². The van der Waals surface area contributed by atoms with E-state index in [1.54, 1.807) is 0 Å². The summed E-state index contributed by atoms with van der Waals surface area (Å²) in [6.45, 7) is 0. The van der Waals surface area contributed by atoms with Crippen LogP contribution in [0.25, 0.3) is 0 Å². The molecule has 1 rings (SSSR count). The van der Waals surface area contributed by atoms with Crippen LogP contribution in [0.5, 0.6) is 0 Å². The van der Waals surface area contributed by atoms with Gasteiger partial charge in [-0.15, -0.1) is 0 Å². The van der Waals surface area contributed by atoms with Gasteiger partial charge in [0.1, 0.15) is 11.6 Å². The van der Waals surface area contributed by atoms with Gasteiger partial charge < -0.3 is 0 Å². The van der Waals surface area contributed by atoms with E-state index in [2.05, 4.69) is 0 Å². The highest BCUT2D eigenvalue weighted by atomic mass is 35.5. The summed E-state index contributed by atoms with van der Waals surface area (Å²) in [7, 11) is 0. The Labute approximate surface area is 87.4 Å². The summed E-state index contributed by atoms with van der Waals surface area (Å²) in [6, 6.07) is 1.38. The van der Waals surface area contributed by atoms with Gasteiger partial charge in [0, 0.05) is 0 Å². The van der Waals surface area contributed by atoms with Gasteiger partial charge in [-0.05, 0) is 35.3 Å². The Balaban J connectivity index is 3.58. The molecule has 0 bridgehead atoms.